The first-order valence-corrected chi connectivity index (χ1v) is 6.05. The first-order valence-electron chi connectivity index (χ1n) is 5.52. The fraction of sp³-hybridized carbons (Fsp3) is 0.308. The van der Waals surface area contributed by atoms with Crippen molar-refractivity contribution >= 4 is 23.6 Å². The van der Waals surface area contributed by atoms with E-state index in [1.54, 1.807) is 31.2 Å². The quantitative estimate of drug-likeness (QED) is 0.427. The summed E-state index contributed by atoms with van der Waals surface area (Å²) in [6.07, 6.45) is 1.41. The summed E-state index contributed by atoms with van der Waals surface area (Å²) in [5.41, 5.74) is 0.695. The van der Waals surface area contributed by atoms with Gasteiger partial charge in [0.05, 0.1) is 12.5 Å². The van der Waals surface area contributed by atoms with E-state index in [-0.39, 0.29) is 12.4 Å². The summed E-state index contributed by atoms with van der Waals surface area (Å²) in [5, 5.41) is 10.8. The van der Waals surface area contributed by atoms with Crippen LogP contribution in [0.4, 0.5) is 0 Å². The summed E-state index contributed by atoms with van der Waals surface area (Å²) in [4.78, 5) is 10.8. The molecule has 0 bridgehead atoms. The predicted molar refractivity (Wildman–Crippen MR) is 67.3 cm³/mol. The number of carboxylic acid groups (broad SMARTS) is 1. The average Bonchev–Trinajstić information content (AvgIpc) is 2.37. The maximum Gasteiger partial charge on any atom is 0.142 e. The van der Waals surface area contributed by atoms with E-state index in [1.165, 1.54) is 6.08 Å². The monoisotopic (exact) mass is 269 g/mol. The van der Waals surface area contributed by atoms with Gasteiger partial charge in [-0.2, -0.15) is 0 Å². The molecule has 0 aliphatic heterocycles. The summed E-state index contributed by atoms with van der Waals surface area (Å²) in [5.74, 6) is -0.425. The number of aliphatic carboxylic acids is 1. The Kier molecular flexibility index (Phi) is 6.08. The van der Waals surface area contributed by atoms with E-state index in [9.17, 15) is 9.90 Å². The highest BCUT2D eigenvalue weighted by Gasteiger charge is 2.00. The molecule has 0 unspecified atom stereocenters. The lowest BCUT2D eigenvalue weighted by Crippen LogP contribution is -2.25. The minimum Gasteiger partial charge on any atom is -0.542 e. The van der Waals surface area contributed by atoms with Gasteiger partial charge in [0.1, 0.15) is 24.1 Å². The third-order valence-electron chi connectivity index (χ3n) is 2.02. The van der Waals surface area contributed by atoms with Crippen LogP contribution in [-0.2, 0) is 9.53 Å². The highest BCUT2D eigenvalue weighted by Crippen LogP contribution is 2.15. The molecule has 0 aliphatic rings. The van der Waals surface area contributed by atoms with Crippen molar-refractivity contribution in [1.29, 1.82) is 0 Å². The molecule has 0 saturated heterocycles. The van der Waals surface area contributed by atoms with Crippen molar-refractivity contribution in [3.05, 3.63) is 35.6 Å². The molecule has 0 saturated carbocycles. The molecule has 1 rings (SSSR count). The van der Waals surface area contributed by atoms with Crippen molar-refractivity contribution < 1.29 is 19.4 Å². The van der Waals surface area contributed by atoms with E-state index >= 15 is 0 Å². The Bertz CT molecular complexity index is 412. The molecule has 0 N–H and O–H groups in total. The van der Waals surface area contributed by atoms with Gasteiger partial charge >= 0.3 is 0 Å². The van der Waals surface area contributed by atoms with Gasteiger partial charge in [-0.3, -0.25) is 0 Å². The third kappa shape index (κ3) is 4.67. The Morgan fingerprint density at radius 1 is 1.39 bits per heavy atom. The number of carbonyl (C=O) groups is 1. The summed E-state index contributed by atoms with van der Waals surface area (Å²) in [7, 11) is 0. The van der Waals surface area contributed by atoms with Crippen molar-refractivity contribution in [3.63, 3.8) is 0 Å². The molecule has 18 heavy (non-hydrogen) atoms. The number of carboxylic acids is 1. The smallest absolute Gasteiger partial charge is 0.142 e. The van der Waals surface area contributed by atoms with Crippen molar-refractivity contribution in [3.8, 4) is 5.75 Å². The van der Waals surface area contributed by atoms with E-state index in [0.29, 0.717) is 23.8 Å². The van der Waals surface area contributed by atoms with E-state index in [2.05, 4.69) is 0 Å². The zero-order valence-electron chi connectivity index (χ0n) is 10.0. The molecule has 5 heteroatoms. The molecular weight excluding hydrogens is 256 g/mol. The normalized spacial score (nSPS) is 11.1. The van der Waals surface area contributed by atoms with E-state index in [4.69, 9.17) is 21.1 Å². The van der Waals surface area contributed by atoms with Gasteiger partial charge in [0, 0.05) is 0 Å². The maximum atomic E-state index is 10.8. The molecule has 0 atom stereocenters. The fourth-order valence-corrected chi connectivity index (χ4v) is 1.36. The second kappa shape index (κ2) is 7.61. The molecular formula is C13H14ClO4-. The number of ether oxygens (including phenoxy) is 2. The predicted octanol–water partition coefficient (Wildman–Crippen LogP) is 1.43. The standard InChI is InChI=1S/C13H15ClO4/c1-2-17-12(13(15)16)9-10-3-5-11(6-4-10)18-8-7-14/h3-6,9H,2,7-8H2,1H3,(H,15,16)/p-1/b12-9-. The molecule has 0 spiro atoms. The van der Waals surface area contributed by atoms with Crippen LogP contribution in [0.2, 0.25) is 0 Å². The zero-order chi connectivity index (χ0) is 13.4. The molecule has 0 amide bonds. The van der Waals surface area contributed by atoms with Crippen LogP contribution >= 0.6 is 11.6 Å². The lowest BCUT2D eigenvalue weighted by molar-refractivity contribution is -0.303. The summed E-state index contributed by atoms with van der Waals surface area (Å²) < 4.78 is 10.3. The van der Waals surface area contributed by atoms with Crippen LogP contribution in [0.15, 0.2) is 30.0 Å². The van der Waals surface area contributed by atoms with Crippen molar-refractivity contribution in [2.75, 3.05) is 19.1 Å². The van der Waals surface area contributed by atoms with Gasteiger partial charge in [-0.05, 0) is 30.7 Å². The Labute approximate surface area is 111 Å². The summed E-state index contributed by atoms with van der Waals surface area (Å²) >= 11 is 5.50. The van der Waals surface area contributed by atoms with Gasteiger partial charge in [0.15, 0.2) is 0 Å². The summed E-state index contributed by atoms with van der Waals surface area (Å²) in [6, 6.07) is 6.92. The highest BCUT2D eigenvalue weighted by atomic mass is 35.5. The van der Waals surface area contributed by atoms with Crippen LogP contribution in [0.3, 0.4) is 0 Å². The van der Waals surface area contributed by atoms with Crippen LogP contribution in [0.5, 0.6) is 5.75 Å². The molecule has 0 aromatic heterocycles. The van der Waals surface area contributed by atoms with Gasteiger partial charge in [-0.25, -0.2) is 0 Å². The highest BCUT2D eigenvalue weighted by molar-refractivity contribution is 6.18. The van der Waals surface area contributed by atoms with Crippen molar-refractivity contribution in [1.82, 2.24) is 0 Å². The van der Waals surface area contributed by atoms with Crippen LogP contribution in [0.25, 0.3) is 6.08 Å². The van der Waals surface area contributed by atoms with E-state index in [0.717, 1.165) is 0 Å². The number of hydrogen-bond acceptors (Lipinski definition) is 4. The number of halogens is 1. The largest absolute Gasteiger partial charge is 0.542 e. The third-order valence-corrected chi connectivity index (χ3v) is 2.18. The van der Waals surface area contributed by atoms with Gasteiger partial charge in [-0.15, -0.1) is 11.6 Å². The molecule has 0 radical (unpaired) electrons. The second-order valence-corrected chi connectivity index (χ2v) is 3.71. The maximum absolute atomic E-state index is 10.8. The number of rotatable bonds is 7. The second-order valence-electron chi connectivity index (χ2n) is 3.34. The lowest BCUT2D eigenvalue weighted by Gasteiger charge is -2.09. The number of hydrogen-bond donors (Lipinski definition) is 0. The average molecular weight is 270 g/mol. The minimum absolute atomic E-state index is 0.188. The van der Waals surface area contributed by atoms with Crippen molar-refractivity contribution in [2.24, 2.45) is 0 Å². The van der Waals surface area contributed by atoms with Crippen LogP contribution in [0, 0.1) is 0 Å². The Hall–Kier alpha value is -1.68. The SMILES string of the molecule is CCO/C(=C\c1ccc(OCCCl)cc1)C(=O)[O-]. The number of alkyl halides is 1. The molecule has 0 fully saturated rings. The van der Waals surface area contributed by atoms with Crippen LogP contribution in [-0.4, -0.2) is 25.1 Å². The molecule has 1 aromatic carbocycles. The fourth-order valence-electron chi connectivity index (χ4n) is 1.28. The first-order chi connectivity index (χ1) is 8.67. The molecule has 1 aromatic rings. The molecule has 98 valence electrons. The Morgan fingerprint density at radius 3 is 2.56 bits per heavy atom. The first kappa shape index (κ1) is 14.4. The molecule has 0 heterocycles. The van der Waals surface area contributed by atoms with Gasteiger partial charge in [0.2, 0.25) is 0 Å². The van der Waals surface area contributed by atoms with E-state index in [1.807, 2.05) is 0 Å². The Morgan fingerprint density at radius 2 is 2.06 bits per heavy atom. The zero-order valence-corrected chi connectivity index (χ0v) is 10.8. The van der Waals surface area contributed by atoms with E-state index < -0.39 is 5.97 Å². The van der Waals surface area contributed by atoms with Gasteiger partial charge in [-0.1, -0.05) is 12.1 Å². The minimum atomic E-state index is -1.33. The molecule has 4 nitrogen and oxygen atoms in total. The van der Waals surface area contributed by atoms with Gasteiger partial charge < -0.3 is 19.4 Å². The lowest BCUT2D eigenvalue weighted by atomic mass is 10.2. The van der Waals surface area contributed by atoms with Crippen molar-refractivity contribution in [2.45, 2.75) is 6.92 Å². The Balaban J connectivity index is 2.77. The topological polar surface area (TPSA) is 58.6 Å². The molecule has 0 aliphatic carbocycles. The van der Waals surface area contributed by atoms with Crippen LogP contribution in [0.1, 0.15) is 12.5 Å². The van der Waals surface area contributed by atoms with Gasteiger partial charge in [0.25, 0.3) is 0 Å². The van der Waals surface area contributed by atoms with Crippen LogP contribution < -0.4 is 9.84 Å². The number of benzene rings is 1. The summed E-state index contributed by atoms with van der Waals surface area (Å²) in [6.45, 7) is 2.41. The number of carbonyl (C=O) groups excluding carboxylic acids is 1.